The number of likely N-dealkylation sites (N-methyl/N-ethyl adjacent to an activating group) is 1. The zero-order chi connectivity index (χ0) is 53.1. The van der Waals surface area contributed by atoms with E-state index in [2.05, 4.69) is 37.5 Å². The molecule has 0 aliphatic carbocycles. The maximum atomic E-state index is 16.7. The minimum absolute atomic E-state index is 0.00923. The second-order valence-electron chi connectivity index (χ2n) is 20.4. The number of esters is 1. The van der Waals surface area contributed by atoms with Gasteiger partial charge in [0.1, 0.15) is 0 Å². The Morgan fingerprint density at radius 1 is 1.11 bits per heavy atom. The number of anilines is 1. The fourth-order valence-corrected chi connectivity index (χ4v) is 12.2. The van der Waals surface area contributed by atoms with Gasteiger partial charge in [-0.15, -0.1) is 0 Å². The Balaban J connectivity index is 1.26. The molecule has 4 aliphatic heterocycles. The number of methoxy groups -OCH3 is 1. The van der Waals surface area contributed by atoms with Gasteiger partial charge in [-0.25, -0.2) is 0 Å². The van der Waals surface area contributed by atoms with Crippen LogP contribution < -0.4 is 15.6 Å². The number of nitrogens with zero attached hydrogens (tertiary/aromatic N) is 7. The number of aryl methyl sites for hydroxylation is 1. The molecule has 400 valence electrons. The topological polar surface area (TPSA) is 163 Å². The van der Waals surface area contributed by atoms with Crippen LogP contribution in [0.5, 0.6) is 0 Å². The van der Waals surface area contributed by atoms with Crippen molar-refractivity contribution in [3.05, 3.63) is 53.6 Å². The molecule has 7 rings (SSSR count). The van der Waals surface area contributed by atoms with Crippen molar-refractivity contribution in [3.8, 4) is 11.3 Å². The summed E-state index contributed by atoms with van der Waals surface area (Å²) < 4.78 is 67.0. The van der Waals surface area contributed by atoms with Crippen LogP contribution in [0.15, 0.2) is 29.4 Å². The number of morpholine rings is 1. The van der Waals surface area contributed by atoms with Gasteiger partial charge >= 0.3 is 334 Å². The van der Waals surface area contributed by atoms with E-state index in [0.717, 1.165) is 27.4 Å². The number of hydrogen-bond acceptors (Lipinski definition) is 12. The average Bonchev–Trinajstić information content (AvgIpc) is 3.66. The number of carbonyl (C=O) groups excluding carboxylic acids is 4. The summed E-state index contributed by atoms with van der Waals surface area (Å²) in [5.74, 6) is -3.74. The quantitative estimate of drug-likeness (QED) is 0.122. The van der Waals surface area contributed by atoms with E-state index in [9.17, 15) is 23.6 Å². The predicted octanol–water partition coefficient (Wildman–Crippen LogP) is 6.12. The van der Waals surface area contributed by atoms with Gasteiger partial charge in [0, 0.05) is 32.3 Å². The first kappa shape index (κ1) is 56.2. The van der Waals surface area contributed by atoms with Gasteiger partial charge in [0.15, 0.2) is 0 Å². The van der Waals surface area contributed by atoms with Crippen LogP contribution in [0.4, 0.5) is 18.9 Å². The van der Waals surface area contributed by atoms with E-state index in [1.54, 1.807) is 13.2 Å². The molecule has 3 fully saturated rings. The molecule has 6 heterocycles. The van der Waals surface area contributed by atoms with Crippen molar-refractivity contribution < 1.29 is 64.7 Å². The maximum absolute atomic E-state index is 16.7. The Morgan fingerprint density at radius 3 is 2.45 bits per heavy atom. The number of benzene rings is 1. The second-order valence-corrected chi connectivity index (χ2v) is 22.1. The number of likely N-dealkylation sites (tertiary alicyclic amines) is 1. The number of fused-ring (bicyclic) bond motifs is 3. The molecule has 0 unspecified atom stereocenters. The number of aromatic nitrogens is 2. The SMILES string of the molecule is [CH-]=C1N=[C-]C[C@H](N[C](=[Os])[C@H](C(C)C)N(C)C(=O)C2(F)CCN(C(=O)[C@H](F)Cl)CC2)C(=O)N2CCC[C@H](N2)C(=O)OCC(C)(C)Cc2c(-c3cc(N4CCOCC4)cnc3[C@H](C)OC)n(CC)c3cc(F)c1cc23. The zero-order valence-electron chi connectivity index (χ0n) is 42.8. The van der Waals surface area contributed by atoms with Gasteiger partial charge in [0.2, 0.25) is 0 Å². The number of hydrazine groups is 1. The molecule has 0 spiro atoms. The van der Waals surface area contributed by atoms with Crippen LogP contribution in [0.1, 0.15) is 96.6 Å². The van der Waals surface area contributed by atoms with E-state index in [1.807, 2.05) is 47.7 Å². The standard InChI is InChI=1S/C52H67ClF3N9O7.Os/c1-10-64-42-26-39(54)35-25-36(42)38(45(64)37-24-34(62-20-22-71-23-21-62)28-59-44(37)33(5)70-9)27-51(6,7)30-72-49(68)41-12-11-17-65(60-41)47(66)40(13-16-57-32(35)4)58-29-43(31(2)3)61(8)50(69)52(56)14-18-63(19-15-52)48(67)46(53)55;/h4,24-26,28,31,33,40-41,43,46,58,60H,10-15,17-23,27,30H2,1-3,5-9H3;/q-2;/t33-,40-,41-,43+,46-;/m0./s1. The third-order valence-corrected chi connectivity index (χ3v) is 15.6. The normalized spacial score (nSPS) is 22.2. The summed E-state index contributed by atoms with van der Waals surface area (Å²) in [7, 11) is 3.11. The summed E-state index contributed by atoms with van der Waals surface area (Å²) in [5, 5.41) is 5.35. The summed E-state index contributed by atoms with van der Waals surface area (Å²) in [5.41, 5.74) is 2.33. The molecule has 3 saturated heterocycles. The number of ether oxygens (including phenoxy) is 3. The fraction of sp³-hybridized carbons (Fsp3) is 0.596. The van der Waals surface area contributed by atoms with Gasteiger partial charge in [0.25, 0.3) is 0 Å². The van der Waals surface area contributed by atoms with E-state index < -0.39 is 70.5 Å². The number of amides is 3. The van der Waals surface area contributed by atoms with E-state index in [4.69, 9.17) is 37.4 Å². The van der Waals surface area contributed by atoms with Crippen LogP contribution in [0.25, 0.3) is 27.9 Å². The van der Waals surface area contributed by atoms with Crippen LogP contribution in [0.3, 0.4) is 0 Å². The molecule has 73 heavy (non-hydrogen) atoms. The van der Waals surface area contributed by atoms with Gasteiger partial charge in [-0.3, -0.25) is 4.98 Å². The van der Waals surface area contributed by atoms with Crippen LogP contribution in [0, 0.1) is 23.7 Å². The van der Waals surface area contributed by atoms with Crippen LogP contribution in [-0.4, -0.2) is 155 Å². The number of alkyl halides is 3. The second kappa shape index (κ2) is 23.5. The summed E-state index contributed by atoms with van der Waals surface area (Å²) in [6.07, 6.45) is 4.70. The number of piperidine rings is 1. The molecule has 0 saturated carbocycles. The van der Waals surface area contributed by atoms with E-state index in [0.29, 0.717) is 72.9 Å². The first-order valence-corrected chi connectivity index (χ1v) is 26.6. The average molecular weight is 1210 g/mol. The molecular formula is C52H67ClF3N9O7Os-2. The molecule has 21 heteroatoms. The Kier molecular flexibility index (Phi) is 18.1. The number of aliphatic imine (C=N–C) groups is 1. The van der Waals surface area contributed by atoms with Gasteiger partial charge < -0.3 is 14.4 Å². The van der Waals surface area contributed by atoms with Crippen LogP contribution in [-0.2, 0) is 64.5 Å². The minimum atomic E-state index is -2.35. The van der Waals surface area contributed by atoms with Crippen molar-refractivity contribution >= 4 is 68.0 Å². The van der Waals surface area contributed by atoms with E-state index >= 15 is 8.78 Å². The summed E-state index contributed by atoms with van der Waals surface area (Å²) in [6, 6.07) is 2.54. The van der Waals surface area contributed by atoms with E-state index in [-0.39, 0.29) is 62.7 Å². The third-order valence-electron chi connectivity index (χ3n) is 14.3. The monoisotopic (exact) mass is 1210 g/mol. The molecule has 5 atom stereocenters. The number of cyclic esters (lactones) is 1. The Labute approximate surface area is 440 Å². The van der Waals surface area contributed by atoms with Gasteiger partial charge in [-0.05, 0) is 19.9 Å². The molecule has 4 aliphatic rings. The molecule has 0 radical (unpaired) electrons. The number of nitrogens with one attached hydrogen (secondary N) is 2. The third kappa shape index (κ3) is 12.3. The van der Waals surface area contributed by atoms with Crippen molar-refractivity contribution in [2.75, 3.05) is 71.6 Å². The molecule has 2 N–H and O–H groups in total. The first-order valence-electron chi connectivity index (χ1n) is 24.9. The zero-order valence-corrected chi connectivity index (χ0v) is 46.1. The van der Waals surface area contributed by atoms with Crippen molar-refractivity contribution in [1.82, 2.24) is 35.1 Å². The summed E-state index contributed by atoms with van der Waals surface area (Å²) in [4.78, 5) is 68.8. The number of carbonyl (C=O) groups is 4. The number of hydrogen-bond donors (Lipinski definition) is 2. The van der Waals surface area contributed by atoms with Crippen molar-refractivity contribution in [2.24, 2.45) is 16.3 Å². The molecule has 1 aromatic carbocycles. The van der Waals surface area contributed by atoms with Gasteiger partial charge in [-0.1, -0.05) is 0 Å². The Hall–Kier alpha value is -4.57. The molecule has 3 aromatic rings. The van der Waals surface area contributed by atoms with E-state index in [1.165, 1.54) is 41.2 Å². The van der Waals surface area contributed by atoms with Gasteiger partial charge in [0.05, 0.1) is 36.9 Å². The summed E-state index contributed by atoms with van der Waals surface area (Å²) >= 11 is 6.77. The van der Waals surface area contributed by atoms with Crippen LogP contribution >= 0.6 is 11.6 Å². The molecule has 3 amide bonds. The molecular weight excluding hydrogens is 1150 g/mol. The Morgan fingerprint density at radius 2 is 1.81 bits per heavy atom. The number of rotatable bonds is 12. The summed E-state index contributed by atoms with van der Waals surface area (Å²) in [6.45, 7) is 21.2. The number of pyridine rings is 1. The molecule has 16 nitrogen and oxygen atoms in total. The first-order chi connectivity index (χ1) is 34.6. The number of halogens is 4. The molecule has 4 bridgehead atoms. The fourth-order valence-electron chi connectivity index (χ4n) is 10.2. The molecule has 2 aromatic heterocycles. The van der Waals surface area contributed by atoms with Crippen molar-refractivity contribution in [3.63, 3.8) is 0 Å². The van der Waals surface area contributed by atoms with Crippen molar-refractivity contribution in [1.29, 1.82) is 0 Å². The van der Waals surface area contributed by atoms with Crippen LogP contribution in [0.2, 0.25) is 0 Å². The predicted molar refractivity (Wildman–Crippen MR) is 269 cm³/mol. The van der Waals surface area contributed by atoms with Crippen molar-refractivity contribution in [2.45, 2.75) is 122 Å². The Bertz CT molecular complexity index is 2620. The van der Waals surface area contributed by atoms with Gasteiger partial charge in [-0.2, -0.15) is 0 Å².